The van der Waals surface area contributed by atoms with Gasteiger partial charge in [-0.15, -0.1) is 0 Å². The lowest BCUT2D eigenvalue weighted by Gasteiger charge is -2.07. The maximum Gasteiger partial charge on any atom is 0.254 e. The topological polar surface area (TPSA) is 45.8 Å². The fourth-order valence-electron chi connectivity index (χ4n) is 2.01. The summed E-state index contributed by atoms with van der Waals surface area (Å²) in [4.78, 5) is 18.9. The van der Waals surface area contributed by atoms with Gasteiger partial charge in [0, 0.05) is 22.7 Å². The molecule has 2 rings (SSSR count). The van der Waals surface area contributed by atoms with Gasteiger partial charge >= 0.3 is 0 Å². The highest BCUT2D eigenvalue weighted by Gasteiger charge is 2.09. The highest BCUT2D eigenvalue weighted by Crippen LogP contribution is 2.19. The van der Waals surface area contributed by atoms with Crippen LogP contribution >= 0.6 is 11.6 Å². The summed E-state index contributed by atoms with van der Waals surface area (Å²) in [5.41, 5.74) is 2.02. The van der Waals surface area contributed by atoms with Gasteiger partial charge in [-0.1, -0.05) is 24.6 Å². The summed E-state index contributed by atoms with van der Waals surface area (Å²) in [6, 6.07) is 4.19. The van der Waals surface area contributed by atoms with Crippen LogP contribution in [0.4, 0.5) is 4.39 Å². The standard InChI is InChI=1S/C14H14ClFN2O/c1-3-11-8(2)17-13(18-14(11)19)6-9-4-5-10(16)7-12(9)15/h4-5,7H,3,6H2,1-2H3,(H,17,18,19). The summed E-state index contributed by atoms with van der Waals surface area (Å²) in [7, 11) is 0. The van der Waals surface area contributed by atoms with E-state index in [9.17, 15) is 9.18 Å². The zero-order valence-corrected chi connectivity index (χ0v) is 11.5. The molecule has 0 fully saturated rings. The molecule has 0 spiro atoms. The average Bonchev–Trinajstić information content (AvgIpc) is 2.32. The first kappa shape index (κ1) is 13.7. The van der Waals surface area contributed by atoms with E-state index in [-0.39, 0.29) is 11.4 Å². The van der Waals surface area contributed by atoms with E-state index in [1.54, 1.807) is 6.07 Å². The molecule has 0 saturated carbocycles. The highest BCUT2D eigenvalue weighted by molar-refractivity contribution is 6.31. The number of hydrogen-bond acceptors (Lipinski definition) is 2. The molecule has 1 aromatic carbocycles. The molecule has 19 heavy (non-hydrogen) atoms. The third kappa shape index (κ3) is 3.01. The Morgan fingerprint density at radius 2 is 2.16 bits per heavy atom. The smallest absolute Gasteiger partial charge is 0.254 e. The van der Waals surface area contributed by atoms with E-state index in [2.05, 4.69) is 9.97 Å². The Kier molecular flexibility index (Phi) is 4.00. The van der Waals surface area contributed by atoms with E-state index in [4.69, 9.17) is 11.6 Å². The number of rotatable bonds is 3. The van der Waals surface area contributed by atoms with Crippen molar-refractivity contribution >= 4 is 11.6 Å². The zero-order chi connectivity index (χ0) is 14.0. The van der Waals surface area contributed by atoms with Gasteiger partial charge in [-0.3, -0.25) is 4.79 Å². The van der Waals surface area contributed by atoms with Gasteiger partial charge in [-0.2, -0.15) is 0 Å². The molecule has 0 saturated heterocycles. The van der Waals surface area contributed by atoms with Crippen molar-refractivity contribution < 1.29 is 4.39 Å². The van der Waals surface area contributed by atoms with Gasteiger partial charge in [0.1, 0.15) is 11.6 Å². The fraction of sp³-hybridized carbons (Fsp3) is 0.286. The molecular formula is C14H14ClFN2O. The molecule has 0 atom stereocenters. The molecule has 0 aliphatic carbocycles. The van der Waals surface area contributed by atoms with Crippen molar-refractivity contribution in [1.29, 1.82) is 0 Å². The van der Waals surface area contributed by atoms with Crippen molar-refractivity contribution in [3.05, 3.63) is 62.0 Å². The van der Waals surface area contributed by atoms with Crippen LogP contribution in [0.2, 0.25) is 5.02 Å². The number of aryl methyl sites for hydroxylation is 1. The van der Waals surface area contributed by atoms with Crippen LogP contribution in [-0.4, -0.2) is 9.97 Å². The first-order chi connectivity index (χ1) is 9.01. The average molecular weight is 281 g/mol. The van der Waals surface area contributed by atoms with Crippen molar-refractivity contribution in [1.82, 2.24) is 9.97 Å². The molecule has 0 bridgehead atoms. The molecule has 0 aliphatic rings. The van der Waals surface area contributed by atoms with Crippen LogP contribution in [-0.2, 0) is 12.8 Å². The number of H-pyrrole nitrogens is 1. The molecule has 0 unspecified atom stereocenters. The van der Waals surface area contributed by atoms with Gasteiger partial charge in [-0.05, 0) is 31.0 Å². The maximum atomic E-state index is 13.0. The summed E-state index contributed by atoms with van der Waals surface area (Å²) in [5, 5.41) is 0.333. The number of halogens is 2. The fourth-order valence-corrected chi connectivity index (χ4v) is 2.25. The molecule has 2 aromatic rings. The van der Waals surface area contributed by atoms with Crippen LogP contribution in [0, 0.1) is 12.7 Å². The largest absolute Gasteiger partial charge is 0.310 e. The Balaban J connectivity index is 2.36. The second-order valence-corrected chi connectivity index (χ2v) is 4.75. The van der Waals surface area contributed by atoms with Crippen molar-refractivity contribution in [3.8, 4) is 0 Å². The van der Waals surface area contributed by atoms with Crippen molar-refractivity contribution in [2.75, 3.05) is 0 Å². The van der Waals surface area contributed by atoms with Crippen molar-refractivity contribution in [2.45, 2.75) is 26.7 Å². The number of aromatic nitrogens is 2. The number of nitrogens with zero attached hydrogens (tertiary/aromatic N) is 1. The first-order valence-corrected chi connectivity index (χ1v) is 6.41. The monoisotopic (exact) mass is 280 g/mol. The van der Waals surface area contributed by atoms with Gasteiger partial charge in [0.25, 0.3) is 5.56 Å². The van der Waals surface area contributed by atoms with E-state index in [1.807, 2.05) is 13.8 Å². The quantitative estimate of drug-likeness (QED) is 0.939. The summed E-state index contributed by atoms with van der Waals surface area (Å²) >= 11 is 5.96. The third-order valence-electron chi connectivity index (χ3n) is 3.00. The molecule has 1 aromatic heterocycles. The number of benzene rings is 1. The van der Waals surface area contributed by atoms with Crippen molar-refractivity contribution in [3.63, 3.8) is 0 Å². The lowest BCUT2D eigenvalue weighted by atomic mass is 10.1. The van der Waals surface area contributed by atoms with Crippen LogP contribution in [0.3, 0.4) is 0 Å². The van der Waals surface area contributed by atoms with Crippen LogP contribution in [0.25, 0.3) is 0 Å². The molecule has 0 radical (unpaired) electrons. The van der Waals surface area contributed by atoms with Crippen LogP contribution in [0.1, 0.15) is 29.6 Å². The molecule has 0 amide bonds. The van der Waals surface area contributed by atoms with Crippen LogP contribution in [0.5, 0.6) is 0 Å². The molecule has 1 N–H and O–H groups in total. The lowest BCUT2D eigenvalue weighted by molar-refractivity contribution is 0.627. The summed E-state index contributed by atoms with van der Waals surface area (Å²) in [5.74, 6) is 0.154. The Hall–Kier alpha value is -1.68. The van der Waals surface area contributed by atoms with E-state index < -0.39 is 0 Å². The summed E-state index contributed by atoms with van der Waals surface area (Å²) in [6.45, 7) is 3.72. The molecule has 3 nitrogen and oxygen atoms in total. The minimum atomic E-state index is -0.382. The van der Waals surface area contributed by atoms with Crippen molar-refractivity contribution in [2.24, 2.45) is 0 Å². The van der Waals surface area contributed by atoms with Gasteiger partial charge in [0.2, 0.25) is 0 Å². The molecule has 5 heteroatoms. The number of aromatic amines is 1. The predicted octanol–water partition coefficient (Wildman–Crippen LogP) is 3.02. The van der Waals surface area contributed by atoms with Gasteiger partial charge in [0.15, 0.2) is 0 Å². The molecule has 100 valence electrons. The van der Waals surface area contributed by atoms with E-state index in [1.165, 1.54) is 12.1 Å². The van der Waals surface area contributed by atoms with Crippen LogP contribution in [0.15, 0.2) is 23.0 Å². The Morgan fingerprint density at radius 1 is 1.42 bits per heavy atom. The van der Waals surface area contributed by atoms with Gasteiger partial charge in [0.05, 0.1) is 0 Å². The first-order valence-electron chi connectivity index (χ1n) is 6.04. The van der Waals surface area contributed by atoms with E-state index in [0.29, 0.717) is 29.3 Å². The minimum Gasteiger partial charge on any atom is -0.310 e. The minimum absolute atomic E-state index is 0.122. The summed E-state index contributed by atoms with van der Waals surface area (Å²) < 4.78 is 13.0. The normalized spacial score (nSPS) is 10.7. The highest BCUT2D eigenvalue weighted by atomic mass is 35.5. The van der Waals surface area contributed by atoms with Gasteiger partial charge < -0.3 is 4.98 Å². The SMILES string of the molecule is CCc1c(C)nc(Cc2ccc(F)cc2Cl)[nH]c1=O. The Labute approximate surface area is 115 Å². The second kappa shape index (κ2) is 5.53. The van der Waals surface area contributed by atoms with Crippen LogP contribution < -0.4 is 5.56 Å². The molecule has 1 heterocycles. The number of nitrogens with one attached hydrogen (secondary N) is 1. The molecule has 0 aliphatic heterocycles. The predicted molar refractivity (Wildman–Crippen MR) is 73.2 cm³/mol. The van der Waals surface area contributed by atoms with Gasteiger partial charge in [-0.25, -0.2) is 9.37 Å². The Bertz CT molecular complexity index is 667. The third-order valence-corrected chi connectivity index (χ3v) is 3.35. The van der Waals surface area contributed by atoms with E-state index in [0.717, 1.165) is 11.3 Å². The zero-order valence-electron chi connectivity index (χ0n) is 10.8. The molecular weight excluding hydrogens is 267 g/mol. The maximum absolute atomic E-state index is 13.0. The lowest BCUT2D eigenvalue weighted by Crippen LogP contribution is -2.18. The Morgan fingerprint density at radius 3 is 2.74 bits per heavy atom. The second-order valence-electron chi connectivity index (χ2n) is 4.34. The summed E-state index contributed by atoms with van der Waals surface area (Å²) in [6.07, 6.45) is 1.02. The van der Waals surface area contributed by atoms with E-state index >= 15 is 0 Å². The number of hydrogen-bond donors (Lipinski definition) is 1.